The molecule has 1 saturated carbocycles. The molecule has 23 heavy (non-hydrogen) atoms. The monoisotopic (exact) mass is 333 g/mol. The maximum Gasteiger partial charge on any atom is 0.226 e. The second kappa shape index (κ2) is 7.98. The number of benzene rings is 1. The van der Waals surface area contributed by atoms with Crippen LogP contribution in [0.15, 0.2) is 18.2 Å². The van der Waals surface area contributed by atoms with Crippen LogP contribution in [-0.2, 0) is 9.59 Å². The molecule has 122 valence electrons. The molecule has 1 aliphatic rings. The number of halogens is 1. The van der Waals surface area contributed by atoms with Gasteiger partial charge in [0.1, 0.15) is 6.07 Å². The third-order valence-electron chi connectivity index (χ3n) is 3.98. The zero-order chi connectivity index (χ0) is 16.8. The predicted molar refractivity (Wildman–Crippen MR) is 89.0 cm³/mol. The molecule has 0 heterocycles. The zero-order valence-corrected chi connectivity index (χ0v) is 13.8. The minimum absolute atomic E-state index is 0.0426. The standard InChI is InChI=1S/C17H20ClN3O2/c1-11(20-17(23)12-4-2-3-5-12)8-16(22)21-14-6-7-15(18)13(9-14)10-19/h6-7,9,11-12H,2-5,8H2,1H3,(H,20,23)(H,21,22)/t11-/m0/s1. The third kappa shape index (κ3) is 4.97. The molecule has 0 radical (unpaired) electrons. The van der Waals surface area contributed by atoms with Crippen molar-refractivity contribution in [1.29, 1.82) is 5.26 Å². The van der Waals surface area contributed by atoms with E-state index in [1.54, 1.807) is 12.1 Å². The summed E-state index contributed by atoms with van der Waals surface area (Å²) in [4.78, 5) is 24.1. The van der Waals surface area contributed by atoms with E-state index in [2.05, 4.69) is 10.6 Å². The zero-order valence-electron chi connectivity index (χ0n) is 13.1. The van der Waals surface area contributed by atoms with E-state index in [4.69, 9.17) is 16.9 Å². The molecule has 2 N–H and O–H groups in total. The Kier molecular flexibility index (Phi) is 6.00. The predicted octanol–water partition coefficient (Wildman–Crippen LogP) is 3.24. The summed E-state index contributed by atoms with van der Waals surface area (Å²) >= 11 is 5.85. The number of carbonyl (C=O) groups excluding carboxylic acids is 2. The van der Waals surface area contributed by atoms with Crippen molar-refractivity contribution in [3.8, 4) is 6.07 Å². The number of carbonyl (C=O) groups is 2. The Balaban J connectivity index is 1.84. The number of nitrogens with one attached hydrogen (secondary N) is 2. The summed E-state index contributed by atoms with van der Waals surface area (Å²) in [6.07, 6.45) is 4.26. The van der Waals surface area contributed by atoms with Crippen molar-refractivity contribution < 1.29 is 9.59 Å². The van der Waals surface area contributed by atoms with Gasteiger partial charge in [-0.3, -0.25) is 9.59 Å². The Labute approximate surface area is 141 Å². The molecule has 1 aromatic carbocycles. The highest BCUT2D eigenvalue weighted by Crippen LogP contribution is 2.25. The summed E-state index contributed by atoms with van der Waals surface area (Å²) in [5.74, 6) is -0.0774. The van der Waals surface area contributed by atoms with Crippen LogP contribution in [0, 0.1) is 17.2 Å². The molecule has 0 bridgehead atoms. The van der Waals surface area contributed by atoms with E-state index in [1.165, 1.54) is 6.07 Å². The van der Waals surface area contributed by atoms with Gasteiger partial charge in [-0.1, -0.05) is 24.4 Å². The number of nitriles is 1. The van der Waals surface area contributed by atoms with E-state index in [0.29, 0.717) is 16.3 Å². The molecular weight excluding hydrogens is 314 g/mol. The van der Waals surface area contributed by atoms with Gasteiger partial charge in [0.15, 0.2) is 0 Å². The van der Waals surface area contributed by atoms with Crippen LogP contribution in [0.25, 0.3) is 0 Å². The normalized spacial score (nSPS) is 15.7. The number of hydrogen-bond acceptors (Lipinski definition) is 3. The lowest BCUT2D eigenvalue weighted by molar-refractivity contribution is -0.125. The van der Waals surface area contributed by atoms with Crippen molar-refractivity contribution in [3.63, 3.8) is 0 Å². The second-order valence-corrected chi connectivity index (χ2v) is 6.36. The third-order valence-corrected chi connectivity index (χ3v) is 4.31. The highest BCUT2D eigenvalue weighted by Gasteiger charge is 2.24. The van der Waals surface area contributed by atoms with Crippen molar-refractivity contribution in [3.05, 3.63) is 28.8 Å². The first-order valence-electron chi connectivity index (χ1n) is 7.79. The molecule has 0 spiro atoms. The van der Waals surface area contributed by atoms with E-state index in [-0.39, 0.29) is 30.2 Å². The Morgan fingerprint density at radius 1 is 1.39 bits per heavy atom. The molecule has 2 amide bonds. The quantitative estimate of drug-likeness (QED) is 0.867. The van der Waals surface area contributed by atoms with Crippen LogP contribution < -0.4 is 10.6 Å². The molecule has 1 aromatic rings. The fraction of sp³-hybridized carbons (Fsp3) is 0.471. The molecule has 0 saturated heterocycles. The summed E-state index contributed by atoms with van der Waals surface area (Å²) in [5.41, 5.74) is 0.831. The van der Waals surface area contributed by atoms with Gasteiger partial charge in [-0.25, -0.2) is 0 Å². The van der Waals surface area contributed by atoms with Crippen LogP contribution in [0.5, 0.6) is 0 Å². The minimum Gasteiger partial charge on any atom is -0.353 e. The molecule has 1 aliphatic carbocycles. The highest BCUT2D eigenvalue weighted by atomic mass is 35.5. The lowest BCUT2D eigenvalue weighted by atomic mass is 10.1. The molecule has 0 aliphatic heterocycles. The van der Waals surface area contributed by atoms with E-state index in [0.717, 1.165) is 25.7 Å². The van der Waals surface area contributed by atoms with Gasteiger partial charge >= 0.3 is 0 Å². The van der Waals surface area contributed by atoms with Crippen LogP contribution in [0.4, 0.5) is 5.69 Å². The summed E-state index contributed by atoms with van der Waals surface area (Å²) in [6, 6.07) is 6.48. The van der Waals surface area contributed by atoms with Crippen LogP contribution in [0.3, 0.4) is 0 Å². The largest absolute Gasteiger partial charge is 0.353 e. The first-order chi connectivity index (χ1) is 11.0. The summed E-state index contributed by atoms with van der Waals surface area (Å²) in [6.45, 7) is 1.81. The van der Waals surface area contributed by atoms with E-state index in [9.17, 15) is 9.59 Å². The molecule has 0 aromatic heterocycles. The van der Waals surface area contributed by atoms with E-state index in [1.807, 2.05) is 13.0 Å². The van der Waals surface area contributed by atoms with Crippen molar-refractivity contribution in [2.24, 2.45) is 5.92 Å². The maximum atomic E-state index is 12.0. The lowest BCUT2D eigenvalue weighted by Gasteiger charge is -2.16. The number of hydrogen-bond donors (Lipinski definition) is 2. The maximum absolute atomic E-state index is 12.0. The molecule has 0 unspecified atom stereocenters. The van der Waals surface area contributed by atoms with Gasteiger partial charge in [0.25, 0.3) is 0 Å². The van der Waals surface area contributed by atoms with Gasteiger partial charge in [-0.05, 0) is 38.0 Å². The molecule has 1 atom stereocenters. The number of nitrogens with zero attached hydrogens (tertiary/aromatic N) is 1. The number of rotatable bonds is 5. The van der Waals surface area contributed by atoms with Crippen LogP contribution in [0.1, 0.15) is 44.6 Å². The Bertz CT molecular complexity index is 633. The van der Waals surface area contributed by atoms with Crippen LogP contribution >= 0.6 is 11.6 Å². The van der Waals surface area contributed by atoms with E-state index < -0.39 is 0 Å². The number of anilines is 1. The van der Waals surface area contributed by atoms with Gasteiger partial charge in [-0.15, -0.1) is 0 Å². The van der Waals surface area contributed by atoms with Gasteiger partial charge < -0.3 is 10.6 Å². The Morgan fingerprint density at radius 3 is 2.74 bits per heavy atom. The van der Waals surface area contributed by atoms with Crippen LogP contribution in [-0.4, -0.2) is 17.9 Å². The molecule has 5 nitrogen and oxygen atoms in total. The SMILES string of the molecule is C[C@@H](CC(=O)Nc1ccc(Cl)c(C#N)c1)NC(=O)C1CCCC1. The summed E-state index contributed by atoms with van der Waals surface area (Å²) < 4.78 is 0. The van der Waals surface area contributed by atoms with Gasteiger partial charge in [0, 0.05) is 24.1 Å². The molecular formula is C17H20ClN3O2. The average Bonchev–Trinajstić information content (AvgIpc) is 3.03. The molecule has 6 heteroatoms. The highest BCUT2D eigenvalue weighted by molar-refractivity contribution is 6.31. The second-order valence-electron chi connectivity index (χ2n) is 5.95. The van der Waals surface area contributed by atoms with Gasteiger partial charge in [0.05, 0.1) is 10.6 Å². The molecule has 2 rings (SSSR count). The van der Waals surface area contributed by atoms with Crippen molar-refractivity contribution in [2.45, 2.75) is 45.1 Å². The Hall–Kier alpha value is -2.06. The van der Waals surface area contributed by atoms with Crippen molar-refractivity contribution in [2.75, 3.05) is 5.32 Å². The first kappa shape index (κ1) is 17.3. The van der Waals surface area contributed by atoms with Crippen LogP contribution in [0.2, 0.25) is 5.02 Å². The fourth-order valence-corrected chi connectivity index (χ4v) is 2.94. The summed E-state index contributed by atoms with van der Waals surface area (Å²) in [7, 11) is 0. The van der Waals surface area contributed by atoms with Gasteiger partial charge in [-0.2, -0.15) is 5.26 Å². The Morgan fingerprint density at radius 2 is 2.09 bits per heavy atom. The van der Waals surface area contributed by atoms with Crippen molar-refractivity contribution in [1.82, 2.24) is 5.32 Å². The minimum atomic E-state index is -0.231. The molecule has 1 fully saturated rings. The summed E-state index contributed by atoms with van der Waals surface area (Å²) in [5, 5.41) is 14.9. The van der Waals surface area contributed by atoms with E-state index >= 15 is 0 Å². The first-order valence-corrected chi connectivity index (χ1v) is 8.17. The topological polar surface area (TPSA) is 82.0 Å². The van der Waals surface area contributed by atoms with Crippen molar-refractivity contribution >= 4 is 29.1 Å². The number of amides is 2. The smallest absolute Gasteiger partial charge is 0.226 e. The lowest BCUT2D eigenvalue weighted by Crippen LogP contribution is -2.38. The van der Waals surface area contributed by atoms with Gasteiger partial charge in [0.2, 0.25) is 11.8 Å². The average molecular weight is 334 g/mol. The fourth-order valence-electron chi connectivity index (χ4n) is 2.78.